The first-order valence-electron chi connectivity index (χ1n) is 9.46. The van der Waals surface area contributed by atoms with Crippen LogP contribution in [0.15, 0.2) is 24.3 Å². The number of hydrogen-bond acceptors (Lipinski definition) is 2. The largest absolute Gasteiger partial charge is 0.481 e. The van der Waals surface area contributed by atoms with Gasteiger partial charge in [-0.15, -0.1) is 0 Å². The van der Waals surface area contributed by atoms with Crippen LogP contribution in [0.4, 0.5) is 0 Å². The molecule has 0 aromatic heterocycles. The summed E-state index contributed by atoms with van der Waals surface area (Å²) >= 11 is 0. The molecular weight excluding hydrogens is 314 g/mol. The highest BCUT2D eigenvalue weighted by Crippen LogP contribution is 2.28. The molecule has 1 aliphatic carbocycles. The smallest absolute Gasteiger partial charge is 0.303 e. The zero-order valence-electron chi connectivity index (χ0n) is 15.6. The molecule has 1 atom stereocenters. The van der Waals surface area contributed by atoms with Gasteiger partial charge in [-0.3, -0.25) is 9.59 Å². The summed E-state index contributed by atoms with van der Waals surface area (Å²) < 4.78 is 0. The molecule has 0 spiro atoms. The van der Waals surface area contributed by atoms with E-state index in [1.54, 1.807) is 0 Å². The first kappa shape index (κ1) is 19.5. The molecule has 2 N–H and O–H groups in total. The summed E-state index contributed by atoms with van der Waals surface area (Å²) in [6.45, 7) is 6.36. The molecule has 0 unspecified atom stereocenters. The van der Waals surface area contributed by atoms with E-state index in [1.165, 1.54) is 5.56 Å². The van der Waals surface area contributed by atoms with Crippen molar-refractivity contribution in [2.75, 3.05) is 0 Å². The summed E-state index contributed by atoms with van der Waals surface area (Å²) in [4.78, 5) is 23.5. The zero-order chi connectivity index (χ0) is 18.4. The first-order valence-corrected chi connectivity index (χ1v) is 9.46. The minimum absolute atomic E-state index is 0.0814. The summed E-state index contributed by atoms with van der Waals surface area (Å²) in [7, 11) is 0. The van der Waals surface area contributed by atoms with Gasteiger partial charge in [0.05, 0.1) is 5.92 Å². The summed E-state index contributed by atoms with van der Waals surface area (Å²) in [5.74, 6) is 0.0169. The Labute approximate surface area is 151 Å². The van der Waals surface area contributed by atoms with Crippen molar-refractivity contribution in [3.63, 3.8) is 0 Å². The highest BCUT2D eigenvalue weighted by Gasteiger charge is 2.26. The van der Waals surface area contributed by atoms with Gasteiger partial charge in [0.15, 0.2) is 0 Å². The van der Waals surface area contributed by atoms with Crippen LogP contribution in [0.25, 0.3) is 0 Å². The number of aliphatic carboxylic acids is 1. The number of carbonyl (C=O) groups is 2. The molecule has 2 rings (SSSR count). The molecule has 4 nitrogen and oxygen atoms in total. The number of rotatable bonds is 7. The van der Waals surface area contributed by atoms with Crippen molar-refractivity contribution in [1.29, 1.82) is 0 Å². The lowest BCUT2D eigenvalue weighted by Crippen LogP contribution is -2.40. The average molecular weight is 345 g/mol. The Morgan fingerprint density at radius 2 is 1.76 bits per heavy atom. The maximum atomic E-state index is 12.7. The lowest BCUT2D eigenvalue weighted by atomic mass is 9.83. The number of benzene rings is 1. The molecule has 1 amide bonds. The second-order valence-corrected chi connectivity index (χ2v) is 7.84. The highest BCUT2D eigenvalue weighted by atomic mass is 16.4. The predicted octanol–water partition coefficient (Wildman–Crippen LogP) is 4.14. The van der Waals surface area contributed by atoms with Crippen molar-refractivity contribution in [2.45, 2.75) is 71.3 Å². The van der Waals surface area contributed by atoms with Gasteiger partial charge in [-0.25, -0.2) is 0 Å². The quantitative estimate of drug-likeness (QED) is 0.780. The van der Waals surface area contributed by atoms with Gasteiger partial charge in [0.1, 0.15) is 0 Å². The fourth-order valence-corrected chi connectivity index (χ4v) is 3.81. The fourth-order valence-electron chi connectivity index (χ4n) is 3.81. The molecule has 25 heavy (non-hydrogen) atoms. The van der Waals surface area contributed by atoms with Crippen LogP contribution in [0.2, 0.25) is 0 Å². The van der Waals surface area contributed by atoms with E-state index < -0.39 is 5.97 Å². The van der Waals surface area contributed by atoms with Crippen molar-refractivity contribution in [3.05, 3.63) is 35.4 Å². The fraction of sp³-hybridized carbons (Fsp3) is 0.619. The average Bonchev–Trinajstić information content (AvgIpc) is 2.55. The van der Waals surface area contributed by atoms with Crippen LogP contribution in [0.3, 0.4) is 0 Å². The Balaban J connectivity index is 1.92. The lowest BCUT2D eigenvalue weighted by Gasteiger charge is -2.29. The molecule has 0 aliphatic heterocycles. The van der Waals surface area contributed by atoms with Crippen molar-refractivity contribution < 1.29 is 14.7 Å². The summed E-state index contributed by atoms with van der Waals surface area (Å²) in [6.07, 6.45) is 4.76. The molecule has 0 heterocycles. The van der Waals surface area contributed by atoms with E-state index in [-0.39, 0.29) is 30.2 Å². The van der Waals surface area contributed by atoms with Crippen LogP contribution >= 0.6 is 0 Å². The van der Waals surface area contributed by atoms with Crippen molar-refractivity contribution >= 4 is 11.9 Å². The van der Waals surface area contributed by atoms with Crippen LogP contribution < -0.4 is 5.32 Å². The molecule has 0 saturated heterocycles. The molecule has 4 heteroatoms. The minimum atomic E-state index is -0.720. The molecule has 1 aliphatic rings. The van der Waals surface area contributed by atoms with Gasteiger partial charge >= 0.3 is 5.97 Å². The molecular formula is C21H31NO3. The first-order chi connectivity index (χ1) is 11.9. The van der Waals surface area contributed by atoms with Gasteiger partial charge in [-0.1, -0.05) is 38.1 Å². The van der Waals surface area contributed by atoms with Crippen LogP contribution in [0, 0.1) is 11.8 Å². The number of carboxylic acids is 1. The van der Waals surface area contributed by atoms with Crippen LogP contribution in [-0.4, -0.2) is 23.0 Å². The SMILES string of the molecule is CC(C)Cc1ccccc1[C@@H](C)C(=O)NC1CCC(CC(=O)O)CC1. The molecule has 1 fully saturated rings. The Hall–Kier alpha value is -1.84. The number of carbonyl (C=O) groups excluding carboxylic acids is 1. The van der Waals surface area contributed by atoms with E-state index in [0.29, 0.717) is 5.92 Å². The molecule has 0 bridgehead atoms. The number of amides is 1. The monoisotopic (exact) mass is 345 g/mol. The molecule has 0 radical (unpaired) electrons. The standard InChI is InChI=1S/C21H31NO3/c1-14(2)12-17-6-4-5-7-19(17)15(3)21(25)22-18-10-8-16(9-11-18)13-20(23)24/h4-7,14-16,18H,8-13H2,1-3H3,(H,22,25)(H,23,24)/t15-,16?,18?/m1/s1. The number of nitrogens with one attached hydrogen (secondary N) is 1. The van der Waals surface area contributed by atoms with E-state index >= 15 is 0 Å². The molecule has 1 aromatic rings. The third-order valence-corrected chi connectivity index (χ3v) is 5.20. The van der Waals surface area contributed by atoms with E-state index in [2.05, 4.69) is 31.3 Å². The normalized spacial score (nSPS) is 21.8. The Bertz CT molecular complexity index is 589. The van der Waals surface area contributed by atoms with Crippen LogP contribution in [0.5, 0.6) is 0 Å². The third kappa shape index (κ3) is 5.87. The maximum absolute atomic E-state index is 12.7. The summed E-state index contributed by atoms with van der Waals surface area (Å²) in [5.41, 5.74) is 2.37. The minimum Gasteiger partial charge on any atom is -0.481 e. The lowest BCUT2D eigenvalue weighted by molar-refractivity contribution is -0.138. The van der Waals surface area contributed by atoms with Crippen LogP contribution in [0.1, 0.15) is 69.9 Å². The van der Waals surface area contributed by atoms with Gasteiger partial charge in [-0.2, -0.15) is 0 Å². The van der Waals surface area contributed by atoms with Gasteiger partial charge < -0.3 is 10.4 Å². The van der Waals surface area contributed by atoms with E-state index in [1.807, 2.05) is 19.1 Å². The topological polar surface area (TPSA) is 66.4 Å². The molecule has 138 valence electrons. The molecule has 1 saturated carbocycles. The zero-order valence-corrected chi connectivity index (χ0v) is 15.6. The Morgan fingerprint density at radius 3 is 2.36 bits per heavy atom. The van der Waals surface area contributed by atoms with E-state index in [0.717, 1.165) is 37.7 Å². The maximum Gasteiger partial charge on any atom is 0.303 e. The third-order valence-electron chi connectivity index (χ3n) is 5.20. The van der Waals surface area contributed by atoms with Crippen LogP contribution in [-0.2, 0) is 16.0 Å². The second kappa shape index (κ2) is 9.02. The van der Waals surface area contributed by atoms with Crippen molar-refractivity contribution in [3.8, 4) is 0 Å². The number of carboxylic acid groups (broad SMARTS) is 1. The summed E-state index contributed by atoms with van der Waals surface area (Å²) in [6, 6.07) is 8.40. The predicted molar refractivity (Wildman–Crippen MR) is 99.5 cm³/mol. The van der Waals surface area contributed by atoms with E-state index in [9.17, 15) is 9.59 Å². The summed E-state index contributed by atoms with van der Waals surface area (Å²) in [5, 5.41) is 12.1. The van der Waals surface area contributed by atoms with Crippen molar-refractivity contribution in [2.24, 2.45) is 11.8 Å². The number of hydrogen-bond donors (Lipinski definition) is 2. The van der Waals surface area contributed by atoms with Gasteiger partial charge in [0.2, 0.25) is 5.91 Å². The van der Waals surface area contributed by atoms with Gasteiger partial charge in [0, 0.05) is 12.5 Å². The van der Waals surface area contributed by atoms with Gasteiger partial charge in [-0.05, 0) is 62.0 Å². The van der Waals surface area contributed by atoms with Gasteiger partial charge in [0.25, 0.3) is 0 Å². The Morgan fingerprint density at radius 1 is 1.12 bits per heavy atom. The highest BCUT2D eigenvalue weighted by molar-refractivity contribution is 5.83. The Kier molecular flexibility index (Phi) is 7.03. The van der Waals surface area contributed by atoms with E-state index in [4.69, 9.17) is 5.11 Å². The second-order valence-electron chi connectivity index (χ2n) is 7.84. The molecule has 1 aromatic carbocycles. The van der Waals surface area contributed by atoms with Crippen molar-refractivity contribution in [1.82, 2.24) is 5.32 Å².